The molecule has 1 heterocycles. The molecule has 1 aliphatic heterocycles. The fourth-order valence-corrected chi connectivity index (χ4v) is 2.68. The molecule has 1 aromatic rings. The lowest BCUT2D eigenvalue weighted by Crippen LogP contribution is -2.45. The smallest absolute Gasteiger partial charge is 0.0865 e. The summed E-state index contributed by atoms with van der Waals surface area (Å²) in [5.74, 6) is 0. The quantitative estimate of drug-likeness (QED) is 0.865. The Morgan fingerprint density at radius 3 is 2.58 bits per heavy atom. The molecule has 19 heavy (non-hydrogen) atoms. The van der Waals surface area contributed by atoms with Gasteiger partial charge in [-0.3, -0.25) is 0 Å². The first-order chi connectivity index (χ1) is 9.04. The third-order valence-electron chi connectivity index (χ3n) is 3.81. The van der Waals surface area contributed by atoms with Crippen molar-refractivity contribution in [2.45, 2.75) is 32.0 Å². The number of anilines is 1. The number of hydrogen-bond donors (Lipinski definition) is 2. The number of benzene rings is 1. The highest BCUT2D eigenvalue weighted by molar-refractivity contribution is 5.54. The van der Waals surface area contributed by atoms with E-state index < -0.39 is 5.60 Å². The molecule has 4 nitrogen and oxygen atoms in total. The highest BCUT2D eigenvalue weighted by Gasteiger charge is 2.31. The lowest BCUT2D eigenvalue weighted by Gasteiger charge is -2.36. The van der Waals surface area contributed by atoms with Gasteiger partial charge in [-0.2, -0.15) is 0 Å². The summed E-state index contributed by atoms with van der Waals surface area (Å²) in [6.07, 6.45) is 1.37. The van der Waals surface area contributed by atoms with Crippen LogP contribution in [0.4, 0.5) is 5.69 Å². The van der Waals surface area contributed by atoms with E-state index in [0.29, 0.717) is 32.6 Å². The first-order valence-corrected chi connectivity index (χ1v) is 6.76. The number of aliphatic hydroxyl groups excluding tert-OH is 1. The average Bonchev–Trinajstić information content (AvgIpc) is 2.38. The van der Waals surface area contributed by atoms with Crippen LogP contribution in [0.5, 0.6) is 0 Å². The van der Waals surface area contributed by atoms with Gasteiger partial charge in [0.1, 0.15) is 0 Å². The molecule has 4 heteroatoms. The van der Waals surface area contributed by atoms with Crippen LogP contribution in [0, 0.1) is 6.92 Å². The van der Waals surface area contributed by atoms with Crippen LogP contribution in [-0.4, -0.2) is 42.6 Å². The van der Waals surface area contributed by atoms with Crippen molar-refractivity contribution in [2.75, 3.05) is 31.7 Å². The number of ether oxygens (including phenoxy) is 1. The molecule has 0 spiro atoms. The molecule has 0 unspecified atom stereocenters. The van der Waals surface area contributed by atoms with Gasteiger partial charge in [-0.05, 0) is 24.1 Å². The van der Waals surface area contributed by atoms with Crippen molar-refractivity contribution in [3.8, 4) is 0 Å². The van der Waals surface area contributed by atoms with Crippen LogP contribution in [0.25, 0.3) is 0 Å². The summed E-state index contributed by atoms with van der Waals surface area (Å²) in [6.45, 7) is 3.96. The molecule has 1 fully saturated rings. The molecule has 0 saturated carbocycles. The highest BCUT2D eigenvalue weighted by atomic mass is 16.5. The Morgan fingerprint density at radius 2 is 2.00 bits per heavy atom. The molecule has 0 aromatic heterocycles. The van der Waals surface area contributed by atoms with E-state index >= 15 is 0 Å². The molecular formula is C15H23NO3. The third kappa shape index (κ3) is 3.47. The standard InChI is InChI=1S/C15H23NO3/c1-12-9-13(10-17)3-4-14(12)16(2)11-15(18)5-7-19-8-6-15/h3-4,9,17-18H,5-8,10-11H2,1-2H3. The maximum atomic E-state index is 10.5. The second-order valence-corrected chi connectivity index (χ2v) is 5.47. The summed E-state index contributed by atoms with van der Waals surface area (Å²) in [5, 5.41) is 19.7. The summed E-state index contributed by atoms with van der Waals surface area (Å²) in [7, 11) is 1.99. The summed E-state index contributed by atoms with van der Waals surface area (Å²) in [6, 6.07) is 5.91. The number of hydrogen-bond acceptors (Lipinski definition) is 4. The second-order valence-electron chi connectivity index (χ2n) is 5.47. The zero-order valence-electron chi connectivity index (χ0n) is 11.7. The predicted octanol–water partition coefficient (Wildman–Crippen LogP) is 1.47. The lowest BCUT2D eigenvalue weighted by molar-refractivity contribution is -0.0572. The van der Waals surface area contributed by atoms with Crippen molar-refractivity contribution in [3.63, 3.8) is 0 Å². The first-order valence-electron chi connectivity index (χ1n) is 6.76. The van der Waals surface area contributed by atoms with E-state index in [1.54, 1.807) is 0 Å². The molecule has 1 aromatic carbocycles. The van der Waals surface area contributed by atoms with Crippen molar-refractivity contribution in [1.82, 2.24) is 0 Å². The maximum absolute atomic E-state index is 10.5. The van der Waals surface area contributed by atoms with Gasteiger partial charge in [0, 0.05) is 45.3 Å². The molecule has 106 valence electrons. The van der Waals surface area contributed by atoms with Gasteiger partial charge >= 0.3 is 0 Å². The Kier molecular flexibility index (Phi) is 4.45. The van der Waals surface area contributed by atoms with Crippen molar-refractivity contribution in [3.05, 3.63) is 29.3 Å². The number of aliphatic hydroxyl groups is 2. The molecule has 0 aliphatic carbocycles. The molecule has 1 aliphatic rings. The normalized spacial score (nSPS) is 18.3. The summed E-state index contributed by atoms with van der Waals surface area (Å²) in [5.41, 5.74) is 2.47. The van der Waals surface area contributed by atoms with Crippen LogP contribution in [-0.2, 0) is 11.3 Å². The summed E-state index contributed by atoms with van der Waals surface area (Å²) >= 11 is 0. The molecule has 1 saturated heterocycles. The molecule has 2 rings (SSSR count). The van der Waals surface area contributed by atoms with Crippen molar-refractivity contribution in [1.29, 1.82) is 0 Å². The Hall–Kier alpha value is -1.10. The highest BCUT2D eigenvalue weighted by Crippen LogP contribution is 2.26. The predicted molar refractivity (Wildman–Crippen MR) is 75.4 cm³/mol. The summed E-state index contributed by atoms with van der Waals surface area (Å²) < 4.78 is 5.30. The second kappa shape index (κ2) is 5.90. The number of nitrogens with zero attached hydrogens (tertiary/aromatic N) is 1. The monoisotopic (exact) mass is 265 g/mol. The summed E-state index contributed by atoms with van der Waals surface area (Å²) in [4.78, 5) is 2.09. The molecule has 0 atom stereocenters. The van der Waals surface area contributed by atoms with Crippen LogP contribution in [0.2, 0.25) is 0 Å². The fourth-order valence-electron chi connectivity index (χ4n) is 2.68. The molecule has 0 radical (unpaired) electrons. The van der Waals surface area contributed by atoms with Gasteiger partial charge in [0.2, 0.25) is 0 Å². The topological polar surface area (TPSA) is 52.9 Å². The molecule has 0 bridgehead atoms. The van der Waals surface area contributed by atoms with E-state index in [1.807, 2.05) is 32.2 Å². The zero-order chi connectivity index (χ0) is 13.9. The Labute approximate surface area is 114 Å². The minimum Gasteiger partial charge on any atom is -0.392 e. The minimum absolute atomic E-state index is 0.0616. The van der Waals surface area contributed by atoms with E-state index in [-0.39, 0.29) is 6.61 Å². The van der Waals surface area contributed by atoms with Gasteiger partial charge in [0.25, 0.3) is 0 Å². The van der Waals surface area contributed by atoms with Gasteiger partial charge in [0.05, 0.1) is 12.2 Å². The first kappa shape index (κ1) is 14.3. The van der Waals surface area contributed by atoms with Crippen LogP contribution in [0.1, 0.15) is 24.0 Å². The van der Waals surface area contributed by atoms with E-state index in [4.69, 9.17) is 9.84 Å². The number of likely N-dealkylation sites (N-methyl/N-ethyl adjacent to an activating group) is 1. The van der Waals surface area contributed by atoms with Gasteiger partial charge in [-0.25, -0.2) is 0 Å². The van der Waals surface area contributed by atoms with E-state index in [2.05, 4.69) is 4.90 Å². The minimum atomic E-state index is -0.658. The van der Waals surface area contributed by atoms with E-state index in [0.717, 1.165) is 16.8 Å². The van der Waals surface area contributed by atoms with Gasteiger partial charge in [0.15, 0.2) is 0 Å². The Bertz CT molecular complexity index is 427. The zero-order valence-corrected chi connectivity index (χ0v) is 11.7. The van der Waals surface area contributed by atoms with Gasteiger partial charge < -0.3 is 19.8 Å². The van der Waals surface area contributed by atoms with Crippen LogP contribution >= 0.6 is 0 Å². The maximum Gasteiger partial charge on any atom is 0.0865 e. The Morgan fingerprint density at radius 1 is 1.32 bits per heavy atom. The number of aryl methyl sites for hydroxylation is 1. The van der Waals surface area contributed by atoms with Crippen LogP contribution < -0.4 is 4.90 Å². The average molecular weight is 265 g/mol. The molecule has 0 amide bonds. The van der Waals surface area contributed by atoms with Crippen molar-refractivity contribution < 1.29 is 14.9 Å². The van der Waals surface area contributed by atoms with Gasteiger partial charge in [-0.15, -0.1) is 0 Å². The number of rotatable bonds is 4. The molecule has 2 N–H and O–H groups in total. The third-order valence-corrected chi connectivity index (χ3v) is 3.81. The largest absolute Gasteiger partial charge is 0.392 e. The molecular weight excluding hydrogens is 242 g/mol. The van der Waals surface area contributed by atoms with E-state index in [1.165, 1.54) is 0 Å². The van der Waals surface area contributed by atoms with Crippen LogP contribution in [0.3, 0.4) is 0 Å². The van der Waals surface area contributed by atoms with Crippen molar-refractivity contribution in [2.24, 2.45) is 0 Å². The van der Waals surface area contributed by atoms with Gasteiger partial charge in [-0.1, -0.05) is 12.1 Å². The fraction of sp³-hybridized carbons (Fsp3) is 0.600. The van der Waals surface area contributed by atoms with Crippen molar-refractivity contribution >= 4 is 5.69 Å². The Balaban J connectivity index is 2.08. The lowest BCUT2D eigenvalue weighted by atomic mass is 9.93. The van der Waals surface area contributed by atoms with Crippen LogP contribution in [0.15, 0.2) is 18.2 Å². The SMILES string of the molecule is Cc1cc(CO)ccc1N(C)CC1(O)CCOCC1. The van der Waals surface area contributed by atoms with E-state index in [9.17, 15) is 5.11 Å².